The quantitative estimate of drug-likeness (QED) is 0.760. The van der Waals surface area contributed by atoms with E-state index < -0.39 is 17.6 Å². The molecule has 8 heteroatoms. The highest BCUT2D eigenvalue weighted by molar-refractivity contribution is 6.06. The van der Waals surface area contributed by atoms with Crippen LogP contribution in [0.3, 0.4) is 0 Å². The Morgan fingerprint density at radius 2 is 1.83 bits per heavy atom. The molecule has 3 N–H and O–H groups in total. The molecule has 122 valence electrons. The molecule has 0 aliphatic heterocycles. The van der Waals surface area contributed by atoms with Gasteiger partial charge in [0.25, 0.3) is 0 Å². The molecule has 0 fully saturated rings. The molecule has 0 unspecified atom stereocenters. The highest BCUT2D eigenvalue weighted by Crippen LogP contribution is 2.36. The molecule has 23 heavy (non-hydrogen) atoms. The van der Waals surface area contributed by atoms with E-state index in [0.717, 1.165) is 4.57 Å². The summed E-state index contributed by atoms with van der Waals surface area (Å²) in [6.07, 6.45) is -4.67. The average Bonchev–Trinajstić information content (AvgIpc) is 2.77. The lowest BCUT2D eigenvalue weighted by molar-refractivity contribution is -0.147. The molecule has 0 radical (unpaired) electrons. The van der Waals surface area contributed by atoms with Crippen molar-refractivity contribution in [3.8, 4) is 0 Å². The number of hydrogen-bond acceptors (Lipinski definition) is 4. The second-order valence-corrected chi connectivity index (χ2v) is 6.04. The van der Waals surface area contributed by atoms with Crippen LogP contribution in [0.25, 0.3) is 21.9 Å². The van der Waals surface area contributed by atoms with Crippen LogP contribution in [0.5, 0.6) is 0 Å². The molecule has 0 bridgehead atoms. The number of fused-ring (bicyclic) bond motifs is 3. The van der Waals surface area contributed by atoms with E-state index in [9.17, 15) is 18.3 Å². The van der Waals surface area contributed by atoms with Crippen molar-refractivity contribution in [2.45, 2.75) is 32.2 Å². The highest BCUT2D eigenvalue weighted by Gasteiger charge is 2.39. The predicted molar refractivity (Wildman–Crippen MR) is 80.7 cm³/mol. The fraction of sp³-hybridized carbons (Fsp3) is 0.333. The van der Waals surface area contributed by atoms with Gasteiger partial charge in [-0.25, -0.2) is 9.97 Å². The molecule has 2 aromatic heterocycles. The molecule has 0 saturated carbocycles. The molecule has 0 aliphatic carbocycles. The number of para-hydroxylation sites is 1. The van der Waals surface area contributed by atoms with Gasteiger partial charge in [-0.2, -0.15) is 13.2 Å². The number of aliphatic hydroxyl groups is 1. The first-order valence-corrected chi connectivity index (χ1v) is 6.92. The molecule has 0 aliphatic rings. The molecule has 2 heterocycles. The van der Waals surface area contributed by atoms with Crippen molar-refractivity contribution in [3.05, 3.63) is 30.1 Å². The smallest absolute Gasteiger partial charge is 0.389 e. The second kappa shape index (κ2) is 4.82. The number of rotatable bonds is 2. The minimum atomic E-state index is -4.67. The Hall–Kier alpha value is -2.35. The number of hydrogen-bond donors (Lipinski definition) is 2. The lowest BCUT2D eigenvalue weighted by atomic mass is 10.1. The van der Waals surface area contributed by atoms with Gasteiger partial charge in [0.2, 0.25) is 5.82 Å². The number of nitrogens with two attached hydrogens (primary N) is 1. The SMILES string of the molecule is CC(C)(O)Cn1c(C(F)(F)F)nc2c(N)nc3ccccc3c21. The zero-order chi connectivity index (χ0) is 17.0. The zero-order valence-electron chi connectivity index (χ0n) is 12.5. The monoisotopic (exact) mass is 324 g/mol. The van der Waals surface area contributed by atoms with Crippen LogP contribution in [0.4, 0.5) is 19.0 Å². The number of imidazole rings is 1. The summed E-state index contributed by atoms with van der Waals surface area (Å²) in [5.41, 5.74) is 5.13. The molecule has 0 saturated heterocycles. The highest BCUT2D eigenvalue weighted by atomic mass is 19.4. The molecule has 5 nitrogen and oxygen atoms in total. The predicted octanol–water partition coefficient (Wildman–Crippen LogP) is 2.96. The molecule has 1 aromatic carbocycles. The van der Waals surface area contributed by atoms with Crippen molar-refractivity contribution in [2.24, 2.45) is 0 Å². The van der Waals surface area contributed by atoms with E-state index in [4.69, 9.17) is 5.73 Å². The minimum Gasteiger partial charge on any atom is -0.389 e. The maximum absolute atomic E-state index is 13.4. The number of nitrogen functional groups attached to an aromatic ring is 1. The Morgan fingerprint density at radius 1 is 1.17 bits per heavy atom. The van der Waals surface area contributed by atoms with E-state index in [2.05, 4.69) is 9.97 Å². The van der Waals surface area contributed by atoms with Crippen LogP contribution >= 0.6 is 0 Å². The number of nitrogens with zero attached hydrogens (tertiary/aromatic N) is 3. The van der Waals surface area contributed by atoms with Gasteiger partial charge in [-0.3, -0.25) is 0 Å². The standard InChI is InChI=1S/C15H15F3N4O/c1-14(2,23)7-22-11-8-5-3-4-6-9(8)20-12(19)10(11)21-13(22)15(16,17)18/h3-6,23H,7H2,1-2H3,(H2,19,20). The van der Waals surface area contributed by atoms with Gasteiger partial charge < -0.3 is 15.4 Å². The van der Waals surface area contributed by atoms with Crippen LogP contribution in [-0.4, -0.2) is 25.2 Å². The van der Waals surface area contributed by atoms with E-state index in [1.165, 1.54) is 13.8 Å². The fourth-order valence-corrected chi connectivity index (χ4v) is 2.62. The van der Waals surface area contributed by atoms with E-state index in [-0.39, 0.29) is 23.4 Å². The lowest BCUT2D eigenvalue weighted by Crippen LogP contribution is -2.29. The normalized spacial score (nSPS) is 13.1. The Morgan fingerprint density at radius 3 is 2.43 bits per heavy atom. The van der Waals surface area contributed by atoms with Gasteiger partial charge in [-0.1, -0.05) is 18.2 Å². The van der Waals surface area contributed by atoms with Crippen LogP contribution in [0.2, 0.25) is 0 Å². The zero-order valence-corrected chi connectivity index (χ0v) is 12.5. The molecular weight excluding hydrogens is 309 g/mol. The second-order valence-electron chi connectivity index (χ2n) is 6.04. The van der Waals surface area contributed by atoms with Gasteiger partial charge in [0.05, 0.1) is 23.2 Å². The first-order chi connectivity index (χ1) is 10.6. The summed E-state index contributed by atoms with van der Waals surface area (Å²) in [6.45, 7) is 2.60. The molecular formula is C15H15F3N4O. The third-order valence-electron chi connectivity index (χ3n) is 3.41. The Labute approximate surface area is 129 Å². The largest absolute Gasteiger partial charge is 0.449 e. The first-order valence-electron chi connectivity index (χ1n) is 6.92. The van der Waals surface area contributed by atoms with Gasteiger partial charge in [-0.05, 0) is 19.9 Å². The van der Waals surface area contributed by atoms with Crippen molar-refractivity contribution in [1.82, 2.24) is 14.5 Å². The third-order valence-corrected chi connectivity index (χ3v) is 3.41. The van der Waals surface area contributed by atoms with Crippen LogP contribution in [0.15, 0.2) is 24.3 Å². The summed E-state index contributed by atoms with van der Waals surface area (Å²) < 4.78 is 41.1. The average molecular weight is 324 g/mol. The molecule has 3 rings (SSSR count). The van der Waals surface area contributed by atoms with Crippen molar-refractivity contribution in [2.75, 3.05) is 5.73 Å². The number of halogens is 3. The molecule has 0 amide bonds. The number of alkyl halides is 3. The summed E-state index contributed by atoms with van der Waals surface area (Å²) in [4.78, 5) is 7.77. The van der Waals surface area contributed by atoms with E-state index in [0.29, 0.717) is 10.9 Å². The first kappa shape index (κ1) is 15.5. The van der Waals surface area contributed by atoms with Gasteiger partial charge in [0.1, 0.15) is 5.52 Å². The Balaban J connectivity index is 2.48. The van der Waals surface area contributed by atoms with Crippen LogP contribution < -0.4 is 5.73 Å². The van der Waals surface area contributed by atoms with Gasteiger partial charge in [-0.15, -0.1) is 0 Å². The van der Waals surface area contributed by atoms with Crippen LogP contribution in [0, 0.1) is 0 Å². The topological polar surface area (TPSA) is 77.0 Å². The van der Waals surface area contributed by atoms with E-state index in [1.54, 1.807) is 24.3 Å². The minimum absolute atomic E-state index is 0.0136. The van der Waals surface area contributed by atoms with Crippen molar-refractivity contribution < 1.29 is 18.3 Å². The molecule has 3 aromatic rings. The molecule has 0 spiro atoms. The van der Waals surface area contributed by atoms with Crippen molar-refractivity contribution in [1.29, 1.82) is 0 Å². The summed E-state index contributed by atoms with van der Waals surface area (Å²) in [5, 5.41) is 10.5. The summed E-state index contributed by atoms with van der Waals surface area (Å²) >= 11 is 0. The number of benzene rings is 1. The number of aromatic nitrogens is 3. The third kappa shape index (κ3) is 2.70. The van der Waals surface area contributed by atoms with Crippen molar-refractivity contribution >= 4 is 27.8 Å². The Bertz CT molecular complexity index is 893. The number of anilines is 1. The fourth-order valence-electron chi connectivity index (χ4n) is 2.62. The van der Waals surface area contributed by atoms with Gasteiger partial charge in [0.15, 0.2) is 5.82 Å². The molecule has 0 atom stereocenters. The van der Waals surface area contributed by atoms with E-state index >= 15 is 0 Å². The summed E-state index contributed by atoms with van der Waals surface area (Å²) in [7, 11) is 0. The van der Waals surface area contributed by atoms with Crippen LogP contribution in [0.1, 0.15) is 19.7 Å². The lowest BCUT2D eigenvalue weighted by Gasteiger charge is -2.21. The van der Waals surface area contributed by atoms with E-state index in [1.807, 2.05) is 0 Å². The van der Waals surface area contributed by atoms with Crippen LogP contribution in [-0.2, 0) is 12.7 Å². The Kier molecular flexibility index (Phi) is 3.26. The van der Waals surface area contributed by atoms with Gasteiger partial charge in [0, 0.05) is 5.39 Å². The van der Waals surface area contributed by atoms with Gasteiger partial charge >= 0.3 is 6.18 Å². The summed E-state index contributed by atoms with van der Waals surface area (Å²) in [6, 6.07) is 6.75. The summed E-state index contributed by atoms with van der Waals surface area (Å²) in [5.74, 6) is -1.17. The maximum atomic E-state index is 13.4. The number of pyridine rings is 1. The van der Waals surface area contributed by atoms with Crippen molar-refractivity contribution in [3.63, 3.8) is 0 Å². The maximum Gasteiger partial charge on any atom is 0.449 e.